The highest BCUT2D eigenvalue weighted by Gasteiger charge is 2.19. The Balaban J connectivity index is 1.98. The van der Waals surface area contributed by atoms with Gasteiger partial charge in [0, 0.05) is 25.4 Å². The van der Waals surface area contributed by atoms with Crippen LogP contribution in [0.5, 0.6) is 0 Å². The van der Waals surface area contributed by atoms with E-state index in [-0.39, 0.29) is 18.4 Å². The summed E-state index contributed by atoms with van der Waals surface area (Å²) >= 11 is 1.61. The number of hydrogen-bond donors (Lipinski definition) is 2. The summed E-state index contributed by atoms with van der Waals surface area (Å²) in [6.07, 6.45) is 7.57. The van der Waals surface area contributed by atoms with Gasteiger partial charge in [0.05, 0.1) is 12.0 Å². The van der Waals surface area contributed by atoms with Gasteiger partial charge in [-0.2, -0.15) is 11.8 Å². The number of imidazole rings is 1. The number of amides is 2. The molecule has 1 aromatic carbocycles. The van der Waals surface area contributed by atoms with Gasteiger partial charge in [0.2, 0.25) is 11.8 Å². The van der Waals surface area contributed by atoms with Gasteiger partial charge in [-0.15, -0.1) is 0 Å². The molecule has 0 unspecified atom stereocenters. The highest BCUT2D eigenvalue weighted by molar-refractivity contribution is 7.98. The third-order valence-corrected chi connectivity index (χ3v) is 4.49. The molecule has 0 bridgehead atoms. The third-order valence-electron chi connectivity index (χ3n) is 3.84. The molecule has 1 aromatic heterocycles. The van der Waals surface area contributed by atoms with Gasteiger partial charge in [-0.3, -0.25) is 9.59 Å². The van der Waals surface area contributed by atoms with E-state index < -0.39 is 11.9 Å². The first-order chi connectivity index (χ1) is 12.5. The average Bonchev–Trinajstić information content (AvgIpc) is 3.17. The molecular weight excluding hydrogens is 355 g/mol. The van der Waals surface area contributed by atoms with Gasteiger partial charge in [-0.1, -0.05) is 13.0 Å². The molecule has 2 rings (SSSR count). The number of nitrogens with one attached hydrogen (secondary N) is 2. The number of hydrogen-bond acceptors (Lipinski definition) is 4. The summed E-state index contributed by atoms with van der Waals surface area (Å²) in [6, 6.07) is 4.20. The van der Waals surface area contributed by atoms with E-state index in [1.54, 1.807) is 47.8 Å². The molecule has 140 valence electrons. The molecule has 2 amide bonds. The molecule has 6 nitrogen and oxygen atoms in total. The summed E-state index contributed by atoms with van der Waals surface area (Å²) < 4.78 is 15.8. The number of nitrogens with zero attached hydrogens (tertiary/aromatic N) is 2. The molecule has 0 radical (unpaired) electrons. The van der Waals surface area contributed by atoms with Gasteiger partial charge in [-0.25, -0.2) is 9.37 Å². The molecule has 1 atom stereocenters. The molecule has 8 heteroatoms. The van der Waals surface area contributed by atoms with Gasteiger partial charge in [0.1, 0.15) is 11.9 Å². The molecule has 0 aliphatic rings. The second kappa shape index (κ2) is 9.96. The highest BCUT2D eigenvalue weighted by atomic mass is 32.2. The number of aromatic nitrogens is 2. The van der Waals surface area contributed by atoms with Crippen molar-refractivity contribution in [2.75, 3.05) is 12.0 Å². The van der Waals surface area contributed by atoms with Gasteiger partial charge < -0.3 is 15.2 Å². The lowest BCUT2D eigenvalue weighted by atomic mass is 10.1. The van der Waals surface area contributed by atoms with Crippen LogP contribution < -0.4 is 10.6 Å². The summed E-state index contributed by atoms with van der Waals surface area (Å²) in [6.45, 7) is 1.93. The number of rotatable bonds is 9. The van der Waals surface area contributed by atoms with Crippen LogP contribution in [0.1, 0.15) is 25.3 Å². The van der Waals surface area contributed by atoms with Crippen molar-refractivity contribution in [1.82, 2.24) is 20.2 Å². The van der Waals surface area contributed by atoms with Crippen LogP contribution in [0, 0.1) is 5.82 Å². The van der Waals surface area contributed by atoms with Crippen molar-refractivity contribution < 1.29 is 14.0 Å². The standard InChI is InChI=1S/C18H23FN4O2S/c1-3-17(24)22-15(6-9-26-2)18(25)21-11-13-4-5-16(14(19)10-13)23-8-7-20-12-23/h4-5,7-8,10,12,15H,3,6,9,11H2,1-2H3,(H,21,25)(H,22,24)/t15-/m1/s1. The van der Waals surface area contributed by atoms with Crippen molar-refractivity contribution in [3.05, 3.63) is 48.3 Å². The van der Waals surface area contributed by atoms with E-state index >= 15 is 0 Å². The molecule has 0 fully saturated rings. The molecule has 0 spiro atoms. The van der Waals surface area contributed by atoms with Gasteiger partial charge in [0.25, 0.3) is 0 Å². The third kappa shape index (κ3) is 5.59. The Hall–Kier alpha value is -2.35. The van der Waals surface area contributed by atoms with Crippen LogP contribution in [0.4, 0.5) is 4.39 Å². The fraction of sp³-hybridized carbons (Fsp3) is 0.389. The van der Waals surface area contributed by atoms with E-state index in [1.807, 2.05) is 6.26 Å². The van der Waals surface area contributed by atoms with Crippen molar-refractivity contribution in [2.24, 2.45) is 0 Å². The van der Waals surface area contributed by atoms with Gasteiger partial charge in [0.15, 0.2) is 0 Å². The molecule has 0 aliphatic carbocycles. The molecule has 2 aromatic rings. The smallest absolute Gasteiger partial charge is 0.242 e. The minimum atomic E-state index is -0.579. The quantitative estimate of drug-likeness (QED) is 0.702. The first-order valence-electron chi connectivity index (χ1n) is 8.38. The number of benzene rings is 1. The predicted octanol–water partition coefficient (Wildman–Crippen LogP) is 2.28. The van der Waals surface area contributed by atoms with Crippen LogP contribution in [0.2, 0.25) is 0 Å². The lowest BCUT2D eigenvalue weighted by molar-refractivity contribution is -0.129. The van der Waals surface area contributed by atoms with Crippen LogP contribution in [0.15, 0.2) is 36.9 Å². The fourth-order valence-corrected chi connectivity index (χ4v) is 2.86. The van der Waals surface area contributed by atoms with Crippen LogP contribution in [-0.4, -0.2) is 39.4 Å². The Morgan fingerprint density at radius 3 is 2.81 bits per heavy atom. The maximum absolute atomic E-state index is 14.3. The monoisotopic (exact) mass is 378 g/mol. The normalized spacial score (nSPS) is 11.8. The predicted molar refractivity (Wildman–Crippen MR) is 101 cm³/mol. The van der Waals surface area contributed by atoms with E-state index in [0.717, 1.165) is 5.75 Å². The Morgan fingerprint density at radius 1 is 1.38 bits per heavy atom. The number of thioether (sulfide) groups is 1. The molecule has 0 saturated carbocycles. The number of carbonyl (C=O) groups is 2. The molecule has 0 saturated heterocycles. The van der Waals surface area contributed by atoms with Crippen LogP contribution in [0.3, 0.4) is 0 Å². The summed E-state index contributed by atoms with van der Waals surface area (Å²) in [4.78, 5) is 27.9. The maximum atomic E-state index is 14.3. The van der Waals surface area contributed by atoms with Crippen molar-refractivity contribution in [3.63, 3.8) is 0 Å². The first-order valence-corrected chi connectivity index (χ1v) is 9.77. The number of halogens is 1. The summed E-state index contributed by atoms with van der Waals surface area (Å²) in [5.74, 6) is -0.0639. The molecule has 26 heavy (non-hydrogen) atoms. The van der Waals surface area contributed by atoms with Crippen molar-refractivity contribution >= 4 is 23.6 Å². The zero-order chi connectivity index (χ0) is 18.9. The molecule has 1 heterocycles. The van der Waals surface area contributed by atoms with Gasteiger partial charge >= 0.3 is 0 Å². The van der Waals surface area contributed by atoms with Gasteiger partial charge in [-0.05, 0) is 36.1 Å². The Bertz CT molecular complexity index is 737. The van der Waals surface area contributed by atoms with Crippen LogP contribution in [-0.2, 0) is 16.1 Å². The minimum absolute atomic E-state index is 0.165. The van der Waals surface area contributed by atoms with Crippen molar-refractivity contribution in [1.29, 1.82) is 0 Å². The topological polar surface area (TPSA) is 76.0 Å². The average molecular weight is 378 g/mol. The molecule has 2 N–H and O–H groups in total. The molecule has 0 aliphatic heterocycles. The van der Waals surface area contributed by atoms with E-state index in [0.29, 0.717) is 24.1 Å². The van der Waals surface area contributed by atoms with E-state index in [4.69, 9.17) is 0 Å². The van der Waals surface area contributed by atoms with Crippen LogP contribution >= 0.6 is 11.8 Å². The van der Waals surface area contributed by atoms with Crippen molar-refractivity contribution in [3.8, 4) is 5.69 Å². The van der Waals surface area contributed by atoms with E-state index in [9.17, 15) is 14.0 Å². The largest absolute Gasteiger partial charge is 0.350 e. The minimum Gasteiger partial charge on any atom is -0.350 e. The summed E-state index contributed by atoms with van der Waals surface area (Å²) in [7, 11) is 0. The number of carbonyl (C=O) groups excluding carboxylic acids is 2. The van der Waals surface area contributed by atoms with Crippen molar-refractivity contribution in [2.45, 2.75) is 32.4 Å². The zero-order valence-corrected chi connectivity index (χ0v) is 15.7. The van der Waals surface area contributed by atoms with Crippen LogP contribution in [0.25, 0.3) is 5.69 Å². The highest BCUT2D eigenvalue weighted by Crippen LogP contribution is 2.15. The summed E-state index contributed by atoms with van der Waals surface area (Å²) in [5, 5.41) is 5.50. The Kier molecular flexibility index (Phi) is 7.65. The maximum Gasteiger partial charge on any atom is 0.242 e. The first kappa shape index (κ1) is 20.0. The zero-order valence-electron chi connectivity index (χ0n) is 14.9. The van der Waals surface area contributed by atoms with E-state index in [2.05, 4.69) is 15.6 Å². The Labute approximate surface area is 156 Å². The summed E-state index contributed by atoms with van der Waals surface area (Å²) in [5.41, 5.74) is 1.04. The second-order valence-electron chi connectivity index (χ2n) is 5.73. The van der Waals surface area contributed by atoms with E-state index in [1.165, 1.54) is 12.4 Å². The lowest BCUT2D eigenvalue weighted by Crippen LogP contribution is -2.46. The SMILES string of the molecule is CCC(=O)N[C@H](CCSC)C(=O)NCc1ccc(-n2ccnc2)c(F)c1. The molecular formula is C18H23FN4O2S. The fourth-order valence-electron chi connectivity index (χ4n) is 2.38. The Morgan fingerprint density at radius 2 is 2.19 bits per heavy atom. The lowest BCUT2D eigenvalue weighted by Gasteiger charge is -2.18. The second-order valence-corrected chi connectivity index (χ2v) is 6.71.